The zero-order valence-electron chi connectivity index (χ0n) is 7.56. The third-order valence-corrected chi connectivity index (χ3v) is 4.26. The predicted octanol–water partition coefficient (Wildman–Crippen LogP) is 0.706. The highest BCUT2D eigenvalue weighted by Gasteiger charge is 2.29. The first-order valence-corrected chi connectivity index (χ1v) is 6.76. The van der Waals surface area contributed by atoms with E-state index in [9.17, 15) is 13.2 Å². The molecule has 2 rings (SSSR count). The van der Waals surface area contributed by atoms with Gasteiger partial charge >= 0.3 is 0 Å². The van der Waals surface area contributed by atoms with Gasteiger partial charge in [-0.25, -0.2) is 8.42 Å². The fraction of sp³-hybridized carbons (Fsp3) is 0.375. The smallest absolute Gasteiger partial charge is 0.211 e. The molecular formula is C8H9NO3S2. The molecule has 0 amide bonds. The number of Topliss-reactive ketones (excluding diaryl/α,β-unsaturated/α-hetero) is 1. The van der Waals surface area contributed by atoms with Crippen LogP contribution in [-0.4, -0.2) is 31.3 Å². The highest BCUT2D eigenvalue weighted by atomic mass is 32.2. The molecule has 76 valence electrons. The van der Waals surface area contributed by atoms with Crippen molar-refractivity contribution in [3.8, 4) is 0 Å². The maximum atomic E-state index is 11.5. The van der Waals surface area contributed by atoms with Crippen LogP contribution >= 0.6 is 11.3 Å². The quantitative estimate of drug-likeness (QED) is 0.715. The number of fused-ring (bicyclic) bond motifs is 1. The van der Waals surface area contributed by atoms with Crippen molar-refractivity contribution in [3.05, 3.63) is 21.9 Å². The summed E-state index contributed by atoms with van der Waals surface area (Å²) in [6, 6.07) is 1.75. The maximum Gasteiger partial charge on any atom is 0.211 e. The van der Waals surface area contributed by atoms with E-state index in [-0.39, 0.29) is 12.3 Å². The van der Waals surface area contributed by atoms with Crippen LogP contribution in [-0.2, 0) is 16.6 Å². The van der Waals surface area contributed by atoms with Crippen LogP contribution in [0.15, 0.2) is 11.4 Å². The Hall–Kier alpha value is -0.720. The molecular weight excluding hydrogens is 222 g/mol. The Morgan fingerprint density at radius 2 is 2.14 bits per heavy atom. The Balaban J connectivity index is 2.40. The van der Waals surface area contributed by atoms with Gasteiger partial charge in [0, 0.05) is 17.0 Å². The van der Waals surface area contributed by atoms with E-state index < -0.39 is 10.0 Å². The molecule has 0 saturated carbocycles. The summed E-state index contributed by atoms with van der Waals surface area (Å²) in [5.41, 5.74) is 0.676. The van der Waals surface area contributed by atoms with Gasteiger partial charge in [0.2, 0.25) is 10.0 Å². The zero-order valence-corrected chi connectivity index (χ0v) is 9.19. The van der Waals surface area contributed by atoms with Crippen LogP contribution in [0.2, 0.25) is 0 Å². The molecule has 1 aromatic rings. The number of thiophene rings is 1. The number of hydrogen-bond donors (Lipinski definition) is 0. The molecule has 0 fully saturated rings. The molecule has 0 bridgehead atoms. The number of sulfonamides is 1. The molecule has 0 atom stereocenters. The van der Waals surface area contributed by atoms with Crippen molar-refractivity contribution in [2.24, 2.45) is 0 Å². The Labute approximate surface area is 86.2 Å². The lowest BCUT2D eigenvalue weighted by atomic mass is 10.1. The third-order valence-electron chi connectivity index (χ3n) is 2.15. The Morgan fingerprint density at radius 3 is 2.79 bits per heavy atom. The minimum atomic E-state index is -3.26. The lowest BCUT2D eigenvalue weighted by Gasteiger charge is -2.23. The second kappa shape index (κ2) is 3.15. The lowest BCUT2D eigenvalue weighted by molar-refractivity contribution is 0.0951. The number of carbonyl (C=O) groups excluding carboxylic acids is 1. The molecule has 1 aliphatic heterocycles. The highest BCUT2D eigenvalue weighted by molar-refractivity contribution is 7.88. The monoisotopic (exact) mass is 231 g/mol. The summed E-state index contributed by atoms with van der Waals surface area (Å²) < 4.78 is 23.7. The van der Waals surface area contributed by atoms with Gasteiger partial charge in [0.25, 0.3) is 0 Å². The van der Waals surface area contributed by atoms with Crippen LogP contribution < -0.4 is 0 Å². The number of rotatable bonds is 1. The molecule has 2 heterocycles. The van der Waals surface area contributed by atoms with Crippen LogP contribution in [0, 0.1) is 0 Å². The van der Waals surface area contributed by atoms with Gasteiger partial charge in [0.05, 0.1) is 12.8 Å². The molecule has 14 heavy (non-hydrogen) atoms. The van der Waals surface area contributed by atoms with E-state index in [4.69, 9.17) is 0 Å². The van der Waals surface area contributed by atoms with Gasteiger partial charge in [0.15, 0.2) is 5.78 Å². The van der Waals surface area contributed by atoms with Crippen LogP contribution in [0.25, 0.3) is 0 Å². The van der Waals surface area contributed by atoms with Gasteiger partial charge < -0.3 is 0 Å². The molecule has 0 aliphatic carbocycles. The topological polar surface area (TPSA) is 54.5 Å². The molecule has 0 saturated heterocycles. The first-order valence-electron chi connectivity index (χ1n) is 4.03. The number of carbonyl (C=O) groups is 1. The summed E-state index contributed by atoms with van der Waals surface area (Å²) in [5, 5.41) is 1.81. The summed E-state index contributed by atoms with van der Waals surface area (Å²) in [5.74, 6) is -0.113. The predicted molar refractivity (Wildman–Crippen MR) is 53.9 cm³/mol. The van der Waals surface area contributed by atoms with E-state index in [0.717, 1.165) is 11.1 Å². The molecule has 0 unspecified atom stereocenters. The minimum absolute atomic E-state index is 0.0252. The van der Waals surface area contributed by atoms with Crippen molar-refractivity contribution in [1.82, 2.24) is 4.31 Å². The van der Waals surface area contributed by atoms with Crippen LogP contribution in [0.1, 0.15) is 15.2 Å². The fourth-order valence-electron chi connectivity index (χ4n) is 1.41. The van der Waals surface area contributed by atoms with E-state index in [2.05, 4.69) is 0 Å². The van der Waals surface area contributed by atoms with E-state index >= 15 is 0 Å². The summed E-state index contributed by atoms with van der Waals surface area (Å²) in [4.78, 5) is 12.3. The summed E-state index contributed by atoms with van der Waals surface area (Å²) in [6.07, 6.45) is 1.12. The van der Waals surface area contributed by atoms with Crippen molar-refractivity contribution in [2.75, 3.05) is 12.8 Å². The molecule has 0 spiro atoms. The largest absolute Gasteiger partial charge is 0.293 e. The molecule has 0 N–H and O–H groups in total. The van der Waals surface area contributed by atoms with E-state index in [0.29, 0.717) is 12.1 Å². The van der Waals surface area contributed by atoms with Gasteiger partial charge in [-0.05, 0) is 11.4 Å². The van der Waals surface area contributed by atoms with Gasteiger partial charge in [-0.15, -0.1) is 11.3 Å². The normalized spacial score (nSPS) is 18.2. The van der Waals surface area contributed by atoms with Crippen molar-refractivity contribution in [1.29, 1.82) is 0 Å². The van der Waals surface area contributed by atoms with Gasteiger partial charge in [-0.3, -0.25) is 4.79 Å². The Morgan fingerprint density at radius 1 is 1.43 bits per heavy atom. The summed E-state index contributed by atoms with van der Waals surface area (Å²) in [7, 11) is -3.26. The fourth-order valence-corrected chi connectivity index (χ4v) is 3.11. The molecule has 1 aromatic heterocycles. The lowest BCUT2D eigenvalue weighted by Crippen LogP contribution is -2.37. The third kappa shape index (κ3) is 1.60. The zero-order chi connectivity index (χ0) is 10.3. The molecule has 0 aromatic carbocycles. The average molecular weight is 231 g/mol. The maximum absolute atomic E-state index is 11.5. The standard InChI is InChI=1S/C8H9NO3S2/c1-14(11,12)9-4-7(10)6-2-3-13-8(6)5-9/h2-3H,4-5H2,1H3. The van der Waals surface area contributed by atoms with Gasteiger partial charge in [0.1, 0.15) is 0 Å². The van der Waals surface area contributed by atoms with Gasteiger partial charge in [-0.1, -0.05) is 0 Å². The molecule has 1 aliphatic rings. The van der Waals surface area contributed by atoms with E-state index in [1.165, 1.54) is 15.6 Å². The first kappa shape index (κ1) is 9.82. The second-order valence-electron chi connectivity index (χ2n) is 3.21. The highest BCUT2D eigenvalue weighted by Crippen LogP contribution is 2.25. The van der Waals surface area contributed by atoms with Crippen molar-refractivity contribution < 1.29 is 13.2 Å². The van der Waals surface area contributed by atoms with E-state index in [1.54, 1.807) is 6.07 Å². The van der Waals surface area contributed by atoms with Crippen LogP contribution in [0.4, 0.5) is 0 Å². The number of ketones is 1. The van der Waals surface area contributed by atoms with Crippen molar-refractivity contribution in [2.45, 2.75) is 6.54 Å². The minimum Gasteiger partial charge on any atom is -0.293 e. The SMILES string of the molecule is CS(=O)(=O)N1CC(=O)c2ccsc2C1. The summed E-state index contributed by atoms with van der Waals surface area (Å²) >= 11 is 1.42. The molecule has 4 nitrogen and oxygen atoms in total. The van der Waals surface area contributed by atoms with Crippen LogP contribution in [0.5, 0.6) is 0 Å². The van der Waals surface area contributed by atoms with Crippen molar-refractivity contribution >= 4 is 27.1 Å². The Bertz CT molecular complexity index is 475. The van der Waals surface area contributed by atoms with Crippen molar-refractivity contribution in [3.63, 3.8) is 0 Å². The second-order valence-corrected chi connectivity index (χ2v) is 6.19. The van der Waals surface area contributed by atoms with Crippen LogP contribution in [0.3, 0.4) is 0 Å². The Kier molecular flexibility index (Phi) is 2.21. The molecule has 0 radical (unpaired) electrons. The summed E-state index contributed by atoms with van der Waals surface area (Å²) in [6.45, 7) is 0.306. The molecule has 6 heteroatoms. The number of hydrogen-bond acceptors (Lipinski definition) is 4. The van der Waals surface area contributed by atoms with E-state index in [1.807, 2.05) is 5.38 Å². The van der Waals surface area contributed by atoms with Gasteiger partial charge in [-0.2, -0.15) is 4.31 Å². The average Bonchev–Trinajstić information content (AvgIpc) is 2.50. The number of nitrogens with zero attached hydrogens (tertiary/aromatic N) is 1. The first-order chi connectivity index (χ1) is 6.48.